The number of fused-ring (bicyclic) bond motifs is 1. The van der Waals surface area contributed by atoms with Gasteiger partial charge in [0.2, 0.25) is 11.3 Å². The Morgan fingerprint density at radius 2 is 1.68 bits per heavy atom. The lowest BCUT2D eigenvalue weighted by Gasteiger charge is -2.09. The molecule has 0 aliphatic carbocycles. The number of benzene rings is 2. The van der Waals surface area contributed by atoms with E-state index in [1.807, 2.05) is 30.3 Å². The molecule has 0 spiro atoms. The molecule has 0 radical (unpaired) electrons. The third kappa shape index (κ3) is 4.58. The molecule has 0 saturated heterocycles. The van der Waals surface area contributed by atoms with Gasteiger partial charge in [-0.1, -0.05) is 42.5 Å². The van der Waals surface area contributed by atoms with Crippen molar-refractivity contribution in [2.45, 2.75) is 6.54 Å². The van der Waals surface area contributed by atoms with Crippen LogP contribution in [0, 0.1) is 0 Å². The Hall–Kier alpha value is -5.06. The van der Waals surface area contributed by atoms with Crippen LogP contribution >= 0.6 is 0 Å². The molecular weight excluding hydrogens is 438 g/mol. The number of furan rings is 1. The zero-order valence-electron chi connectivity index (χ0n) is 17.5. The summed E-state index contributed by atoms with van der Waals surface area (Å²) < 4.78 is 10.5. The van der Waals surface area contributed by atoms with Crippen LogP contribution in [0.4, 0.5) is 11.6 Å². The number of carboxylic acids is 1. The standard InChI is InChI=1S/C23H17N7O4/c31-23(32)16-8-6-15(7-9-16)18-11-10-17(33-18)13-25-28-20-19(24-12-14-4-2-1-3-5-14)26-21-22(27-20)30-34-29-21/h1-11,13H,12H2,(H,31,32)(H,24,26,29)(H,27,28,30). The van der Waals surface area contributed by atoms with Gasteiger partial charge in [0.25, 0.3) is 0 Å². The smallest absolute Gasteiger partial charge is 0.335 e. The molecule has 2 aromatic carbocycles. The molecule has 3 aromatic heterocycles. The summed E-state index contributed by atoms with van der Waals surface area (Å²) in [6.07, 6.45) is 1.49. The first kappa shape index (κ1) is 20.8. The summed E-state index contributed by atoms with van der Waals surface area (Å²) in [4.78, 5) is 19.8. The Morgan fingerprint density at radius 1 is 0.941 bits per heavy atom. The molecule has 0 amide bonds. The zero-order valence-corrected chi connectivity index (χ0v) is 17.5. The van der Waals surface area contributed by atoms with Gasteiger partial charge in [-0.25, -0.2) is 14.4 Å². The van der Waals surface area contributed by atoms with Crippen molar-refractivity contribution in [3.63, 3.8) is 0 Å². The van der Waals surface area contributed by atoms with Crippen LogP contribution in [0.5, 0.6) is 0 Å². The highest BCUT2D eigenvalue weighted by molar-refractivity contribution is 5.88. The summed E-state index contributed by atoms with van der Waals surface area (Å²) in [7, 11) is 0. The van der Waals surface area contributed by atoms with Crippen molar-refractivity contribution in [3.8, 4) is 11.3 Å². The number of aromatic carboxylic acids is 1. The Labute approximate surface area is 192 Å². The molecule has 34 heavy (non-hydrogen) atoms. The summed E-state index contributed by atoms with van der Waals surface area (Å²) in [5, 5.41) is 23.9. The molecule has 168 valence electrons. The lowest BCUT2D eigenvalue weighted by Crippen LogP contribution is -2.06. The van der Waals surface area contributed by atoms with Crippen molar-refractivity contribution < 1.29 is 18.9 Å². The van der Waals surface area contributed by atoms with Crippen LogP contribution in [0.15, 0.2) is 80.9 Å². The lowest BCUT2D eigenvalue weighted by molar-refractivity contribution is 0.0697. The predicted octanol–water partition coefficient (Wildman–Crippen LogP) is 4.03. The SMILES string of the molecule is O=C(O)c1ccc(-c2ccc(C=NNc3nc4nonc4nc3NCc3ccccc3)o2)cc1. The number of hydrogen-bond acceptors (Lipinski definition) is 10. The molecule has 11 nitrogen and oxygen atoms in total. The molecular formula is C23H17N7O4. The summed E-state index contributed by atoms with van der Waals surface area (Å²) in [6.45, 7) is 0.521. The van der Waals surface area contributed by atoms with Gasteiger partial charge in [-0.15, -0.1) is 0 Å². The highest BCUT2D eigenvalue weighted by atomic mass is 16.6. The van der Waals surface area contributed by atoms with Gasteiger partial charge in [0.05, 0.1) is 11.8 Å². The number of nitrogens with zero attached hydrogens (tertiary/aromatic N) is 5. The number of carboxylic acid groups (broad SMARTS) is 1. The molecule has 11 heteroatoms. The van der Waals surface area contributed by atoms with E-state index >= 15 is 0 Å². The van der Waals surface area contributed by atoms with Crippen molar-refractivity contribution in [2.75, 3.05) is 10.7 Å². The molecule has 0 fully saturated rings. The third-order valence-electron chi connectivity index (χ3n) is 4.82. The number of hydrazone groups is 1. The van der Waals surface area contributed by atoms with Crippen molar-refractivity contribution >= 4 is 35.1 Å². The van der Waals surface area contributed by atoms with Crippen molar-refractivity contribution in [3.05, 3.63) is 83.6 Å². The summed E-state index contributed by atoms with van der Waals surface area (Å²) >= 11 is 0. The van der Waals surface area contributed by atoms with Gasteiger partial charge in [-0.05, 0) is 40.1 Å². The Bertz CT molecular complexity index is 1460. The largest absolute Gasteiger partial charge is 0.478 e. The van der Waals surface area contributed by atoms with Crippen LogP contribution in [0.25, 0.3) is 22.6 Å². The van der Waals surface area contributed by atoms with Gasteiger partial charge >= 0.3 is 5.97 Å². The number of carbonyl (C=O) groups is 1. The molecule has 0 atom stereocenters. The quantitative estimate of drug-likeness (QED) is 0.231. The molecule has 0 saturated carbocycles. The van der Waals surface area contributed by atoms with E-state index in [0.29, 0.717) is 29.7 Å². The predicted molar refractivity (Wildman–Crippen MR) is 123 cm³/mol. The van der Waals surface area contributed by atoms with Crippen molar-refractivity contribution in [1.29, 1.82) is 0 Å². The molecule has 0 aliphatic rings. The monoisotopic (exact) mass is 455 g/mol. The van der Waals surface area contributed by atoms with Crippen LogP contribution in [-0.2, 0) is 6.54 Å². The van der Waals surface area contributed by atoms with Gasteiger partial charge in [-0.3, -0.25) is 5.43 Å². The zero-order chi connectivity index (χ0) is 23.3. The number of hydrogen-bond donors (Lipinski definition) is 3. The minimum absolute atomic E-state index is 0.207. The maximum Gasteiger partial charge on any atom is 0.335 e. The first-order valence-corrected chi connectivity index (χ1v) is 10.2. The maximum atomic E-state index is 11.0. The van der Waals surface area contributed by atoms with Gasteiger partial charge in [0, 0.05) is 12.1 Å². The van der Waals surface area contributed by atoms with Gasteiger partial charge in [0.1, 0.15) is 11.5 Å². The third-order valence-corrected chi connectivity index (χ3v) is 4.82. The van der Waals surface area contributed by atoms with Crippen LogP contribution in [-0.4, -0.2) is 37.6 Å². The minimum Gasteiger partial charge on any atom is -0.478 e. The van der Waals surface area contributed by atoms with E-state index in [-0.39, 0.29) is 16.9 Å². The van der Waals surface area contributed by atoms with E-state index in [9.17, 15) is 4.79 Å². The van der Waals surface area contributed by atoms with Crippen LogP contribution in [0.1, 0.15) is 21.7 Å². The second-order valence-corrected chi connectivity index (χ2v) is 7.13. The molecule has 3 heterocycles. The van der Waals surface area contributed by atoms with E-state index in [4.69, 9.17) is 14.2 Å². The molecule has 3 N–H and O–H groups in total. The Kier molecular flexibility index (Phi) is 5.64. The number of nitrogens with one attached hydrogen (secondary N) is 2. The van der Waals surface area contributed by atoms with E-state index < -0.39 is 5.97 Å². The molecule has 0 unspecified atom stereocenters. The van der Waals surface area contributed by atoms with Crippen LogP contribution < -0.4 is 10.7 Å². The van der Waals surface area contributed by atoms with E-state index in [1.54, 1.807) is 24.3 Å². The molecule has 0 bridgehead atoms. The van der Waals surface area contributed by atoms with Gasteiger partial charge < -0.3 is 14.8 Å². The van der Waals surface area contributed by atoms with Crippen molar-refractivity contribution in [1.82, 2.24) is 20.3 Å². The van der Waals surface area contributed by atoms with E-state index in [0.717, 1.165) is 11.1 Å². The first-order valence-electron chi connectivity index (χ1n) is 10.2. The first-order chi connectivity index (χ1) is 16.7. The summed E-state index contributed by atoms with van der Waals surface area (Å²) in [5.74, 6) is 0.860. The fraction of sp³-hybridized carbons (Fsp3) is 0.0435. The number of aromatic nitrogens is 4. The van der Waals surface area contributed by atoms with Crippen LogP contribution in [0.2, 0.25) is 0 Å². The van der Waals surface area contributed by atoms with Crippen molar-refractivity contribution in [2.24, 2.45) is 5.10 Å². The fourth-order valence-corrected chi connectivity index (χ4v) is 3.13. The molecule has 5 aromatic rings. The second-order valence-electron chi connectivity index (χ2n) is 7.13. The summed E-state index contributed by atoms with van der Waals surface area (Å²) in [6, 6.07) is 19.8. The van der Waals surface area contributed by atoms with Crippen LogP contribution in [0.3, 0.4) is 0 Å². The van der Waals surface area contributed by atoms with E-state index in [2.05, 4.69) is 36.1 Å². The Balaban J connectivity index is 1.31. The van der Waals surface area contributed by atoms with E-state index in [1.165, 1.54) is 18.3 Å². The van der Waals surface area contributed by atoms with Gasteiger partial charge in [-0.2, -0.15) is 10.1 Å². The topological polar surface area (TPSA) is 152 Å². The lowest BCUT2D eigenvalue weighted by atomic mass is 10.1. The average molecular weight is 455 g/mol. The number of anilines is 2. The maximum absolute atomic E-state index is 11.0. The normalized spacial score (nSPS) is 11.2. The highest BCUT2D eigenvalue weighted by Crippen LogP contribution is 2.23. The fourth-order valence-electron chi connectivity index (χ4n) is 3.13. The van der Waals surface area contributed by atoms with Gasteiger partial charge in [0.15, 0.2) is 11.6 Å². The second kappa shape index (κ2) is 9.20. The average Bonchev–Trinajstić information content (AvgIpc) is 3.52. The molecule has 5 rings (SSSR count). The summed E-state index contributed by atoms with van der Waals surface area (Å²) in [5.41, 5.74) is 5.39. The molecule has 0 aliphatic heterocycles. The Morgan fingerprint density at radius 3 is 2.41 bits per heavy atom. The highest BCUT2D eigenvalue weighted by Gasteiger charge is 2.12. The minimum atomic E-state index is -0.981. The number of rotatable bonds is 8.